The minimum atomic E-state index is -0.381. The fourth-order valence-corrected chi connectivity index (χ4v) is 3.50. The number of carbonyl (C=O) groups is 2. The van der Waals surface area contributed by atoms with Crippen LogP contribution in [0.15, 0.2) is 18.2 Å². The Hall–Kier alpha value is -2.08. The lowest BCUT2D eigenvalue weighted by atomic mass is 10.0. The maximum Gasteiger partial charge on any atom is 0.247 e. The van der Waals surface area contributed by atoms with E-state index in [9.17, 15) is 9.59 Å². The van der Waals surface area contributed by atoms with E-state index in [2.05, 4.69) is 5.32 Å². The average molecular weight is 346 g/mol. The second-order valence-corrected chi connectivity index (χ2v) is 6.61. The zero-order valence-electron chi connectivity index (χ0n) is 14.8. The Bertz CT molecular complexity index is 632. The van der Waals surface area contributed by atoms with Crippen molar-refractivity contribution in [3.05, 3.63) is 23.8 Å². The number of rotatable bonds is 6. The van der Waals surface area contributed by atoms with Gasteiger partial charge in [0.05, 0.1) is 6.61 Å². The Morgan fingerprint density at radius 1 is 1.36 bits per heavy atom. The maximum atomic E-state index is 12.8. The van der Waals surface area contributed by atoms with Crippen molar-refractivity contribution >= 4 is 17.5 Å². The molecular formula is C19H26N2O4. The van der Waals surface area contributed by atoms with Gasteiger partial charge in [-0.3, -0.25) is 9.59 Å². The van der Waals surface area contributed by atoms with E-state index in [1.165, 1.54) is 0 Å². The van der Waals surface area contributed by atoms with Gasteiger partial charge >= 0.3 is 0 Å². The number of nitrogens with zero attached hydrogens (tertiary/aromatic N) is 1. The van der Waals surface area contributed by atoms with Gasteiger partial charge in [0.25, 0.3) is 0 Å². The van der Waals surface area contributed by atoms with Crippen LogP contribution in [0.2, 0.25) is 0 Å². The minimum absolute atomic E-state index is 0.0410. The lowest BCUT2D eigenvalue weighted by Crippen LogP contribution is -2.50. The summed E-state index contributed by atoms with van der Waals surface area (Å²) >= 11 is 0. The van der Waals surface area contributed by atoms with Gasteiger partial charge in [-0.2, -0.15) is 0 Å². The molecule has 1 atom stereocenters. The molecule has 0 spiro atoms. The van der Waals surface area contributed by atoms with E-state index >= 15 is 0 Å². The molecule has 1 aromatic rings. The number of nitrogens with one attached hydrogen (secondary N) is 1. The Labute approximate surface area is 148 Å². The van der Waals surface area contributed by atoms with Crippen LogP contribution in [0, 0.1) is 0 Å². The molecule has 0 aliphatic carbocycles. The molecule has 2 amide bonds. The standard InChI is InChI=1S/C19H26N2O4/c1-24-11-4-6-18(22)21-10-3-2-5-16(21)19(23)20-15-7-8-17-14(13-15)9-12-25-17/h7-8,13,16H,2-6,9-12H2,1H3,(H,20,23). The van der Waals surface area contributed by atoms with Gasteiger partial charge in [0, 0.05) is 38.8 Å². The number of carbonyl (C=O) groups excluding carboxylic acids is 2. The summed E-state index contributed by atoms with van der Waals surface area (Å²) in [5.41, 5.74) is 1.89. The van der Waals surface area contributed by atoms with Crippen molar-refractivity contribution in [3.8, 4) is 5.75 Å². The molecule has 0 saturated carbocycles. The van der Waals surface area contributed by atoms with Crippen molar-refractivity contribution in [3.63, 3.8) is 0 Å². The lowest BCUT2D eigenvalue weighted by molar-refractivity contribution is -0.140. The fourth-order valence-electron chi connectivity index (χ4n) is 3.50. The second-order valence-electron chi connectivity index (χ2n) is 6.61. The predicted molar refractivity (Wildman–Crippen MR) is 94.7 cm³/mol. The van der Waals surface area contributed by atoms with E-state index in [0.717, 1.165) is 42.7 Å². The molecular weight excluding hydrogens is 320 g/mol. The number of hydrogen-bond acceptors (Lipinski definition) is 4. The lowest BCUT2D eigenvalue weighted by Gasteiger charge is -2.34. The number of amides is 2. The van der Waals surface area contributed by atoms with Crippen molar-refractivity contribution in [2.45, 2.75) is 44.6 Å². The topological polar surface area (TPSA) is 67.9 Å². The summed E-state index contributed by atoms with van der Waals surface area (Å²) < 4.78 is 10.5. The van der Waals surface area contributed by atoms with Crippen LogP contribution in [0.5, 0.6) is 5.75 Å². The van der Waals surface area contributed by atoms with Crippen LogP contribution >= 0.6 is 0 Å². The van der Waals surface area contributed by atoms with E-state index in [0.29, 0.717) is 32.6 Å². The van der Waals surface area contributed by atoms with Gasteiger partial charge in [-0.15, -0.1) is 0 Å². The smallest absolute Gasteiger partial charge is 0.247 e. The first kappa shape index (κ1) is 17.7. The summed E-state index contributed by atoms with van der Waals surface area (Å²) in [6.45, 7) is 1.91. The molecule has 3 rings (SSSR count). The molecule has 1 N–H and O–H groups in total. The molecule has 25 heavy (non-hydrogen) atoms. The van der Waals surface area contributed by atoms with E-state index < -0.39 is 0 Å². The van der Waals surface area contributed by atoms with Crippen LogP contribution in [0.25, 0.3) is 0 Å². The summed E-state index contributed by atoms with van der Waals surface area (Å²) in [7, 11) is 1.63. The third-order valence-corrected chi connectivity index (χ3v) is 4.82. The van der Waals surface area contributed by atoms with Crippen LogP contribution in [-0.4, -0.2) is 49.6 Å². The predicted octanol–water partition coefficient (Wildman–Crippen LogP) is 2.37. The molecule has 1 unspecified atom stereocenters. The van der Waals surface area contributed by atoms with Crippen molar-refractivity contribution < 1.29 is 19.1 Å². The monoisotopic (exact) mass is 346 g/mol. The first-order valence-electron chi connectivity index (χ1n) is 9.04. The molecule has 1 fully saturated rings. The number of hydrogen-bond donors (Lipinski definition) is 1. The molecule has 2 aliphatic heterocycles. The van der Waals surface area contributed by atoms with Crippen molar-refractivity contribution in [1.29, 1.82) is 0 Å². The molecule has 2 heterocycles. The van der Waals surface area contributed by atoms with E-state index in [-0.39, 0.29) is 17.9 Å². The summed E-state index contributed by atoms with van der Waals surface area (Å²) in [6, 6.07) is 5.34. The molecule has 0 radical (unpaired) electrons. The van der Waals surface area contributed by atoms with Crippen molar-refractivity contribution in [2.24, 2.45) is 0 Å². The van der Waals surface area contributed by atoms with Crippen molar-refractivity contribution in [2.75, 3.05) is 32.2 Å². The highest BCUT2D eigenvalue weighted by Gasteiger charge is 2.31. The van der Waals surface area contributed by atoms with E-state index in [1.54, 1.807) is 12.0 Å². The molecule has 6 nitrogen and oxygen atoms in total. The van der Waals surface area contributed by atoms with E-state index in [4.69, 9.17) is 9.47 Å². The highest BCUT2D eigenvalue weighted by Crippen LogP contribution is 2.28. The number of benzene rings is 1. The molecule has 1 aromatic carbocycles. The molecule has 136 valence electrons. The molecule has 1 saturated heterocycles. The van der Waals surface area contributed by atoms with Gasteiger partial charge in [0.2, 0.25) is 11.8 Å². The number of ether oxygens (including phenoxy) is 2. The highest BCUT2D eigenvalue weighted by molar-refractivity contribution is 5.97. The van der Waals surface area contributed by atoms with Crippen LogP contribution in [-0.2, 0) is 20.7 Å². The SMILES string of the molecule is COCCCC(=O)N1CCCCC1C(=O)Nc1ccc2c(c1)CCO2. The summed E-state index contributed by atoms with van der Waals surface area (Å²) in [6.07, 6.45) is 4.62. The number of fused-ring (bicyclic) bond motifs is 1. The van der Waals surface area contributed by atoms with Crippen LogP contribution < -0.4 is 10.1 Å². The zero-order chi connectivity index (χ0) is 17.6. The molecule has 2 aliphatic rings. The summed E-state index contributed by atoms with van der Waals surface area (Å²) in [5, 5.41) is 2.98. The molecule has 0 aromatic heterocycles. The molecule has 0 bridgehead atoms. The Balaban J connectivity index is 1.63. The van der Waals surface area contributed by atoms with Gasteiger partial charge in [0.15, 0.2) is 0 Å². The summed E-state index contributed by atoms with van der Waals surface area (Å²) in [5.74, 6) is 0.837. The first-order chi connectivity index (χ1) is 12.2. The van der Waals surface area contributed by atoms with E-state index in [1.807, 2.05) is 18.2 Å². The van der Waals surface area contributed by atoms with Gasteiger partial charge in [0.1, 0.15) is 11.8 Å². The molecule has 6 heteroatoms. The van der Waals surface area contributed by atoms with Crippen LogP contribution in [0.4, 0.5) is 5.69 Å². The van der Waals surface area contributed by atoms with Gasteiger partial charge in [-0.1, -0.05) is 0 Å². The largest absolute Gasteiger partial charge is 0.493 e. The fraction of sp³-hybridized carbons (Fsp3) is 0.579. The van der Waals surface area contributed by atoms with Gasteiger partial charge in [-0.25, -0.2) is 0 Å². The minimum Gasteiger partial charge on any atom is -0.493 e. The Kier molecular flexibility index (Phi) is 5.91. The normalized spacial score (nSPS) is 19.2. The maximum absolute atomic E-state index is 12.8. The summed E-state index contributed by atoms with van der Waals surface area (Å²) in [4.78, 5) is 27.0. The Morgan fingerprint density at radius 2 is 2.24 bits per heavy atom. The van der Waals surface area contributed by atoms with Gasteiger partial charge < -0.3 is 19.7 Å². The quantitative estimate of drug-likeness (QED) is 0.803. The van der Waals surface area contributed by atoms with Crippen LogP contribution in [0.1, 0.15) is 37.7 Å². The first-order valence-corrected chi connectivity index (χ1v) is 9.04. The van der Waals surface area contributed by atoms with Gasteiger partial charge in [-0.05, 0) is 49.4 Å². The Morgan fingerprint density at radius 3 is 3.08 bits per heavy atom. The number of piperidine rings is 1. The third-order valence-electron chi connectivity index (χ3n) is 4.82. The third kappa shape index (κ3) is 4.31. The van der Waals surface area contributed by atoms with Crippen molar-refractivity contribution in [1.82, 2.24) is 4.90 Å². The second kappa shape index (κ2) is 8.34. The average Bonchev–Trinajstić information content (AvgIpc) is 3.09. The number of likely N-dealkylation sites (tertiary alicyclic amines) is 1. The number of methoxy groups -OCH3 is 1. The van der Waals surface area contributed by atoms with Crippen LogP contribution in [0.3, 0.4) is 0 Å². The highest BCUT2D eigenvalue weighted by atomic mass is 16.5. The zero-order valence-corrected chi connectivity index (χ0v) is 14.8. The number of anilines is 1.